The molecular formula is C16H23N3O. The van der Waals surface area contributed by atoms with Gasteiger partial charge in [0.15, 0.2) is 0 Å². The highest BCUT2D eigenvalue weighted by Gasteiger charge is 2.21. The number of rotatable bonds is 3. The summed E-state index contributed by atoms with van der Waals surface area (Å²) in [6.07, 6.45) is 10.1. The molecule has 0 aromatic carbocycles. The number of amides is 1. The summed E-state index contributed by atoms with van der Waals surface area (Å²) in [5, 5.41) is 2.96. The molecule has 2 heterocycles. The summed E-state index contributed by atoms with van der Waals surface area (Å²) < 4.78 is 0. The van der Waals surface area contributed by atoms with Crippen LogP contribution in [0.2, 0.25) is 0 Å². The molecule has 0 spiro atoms. The van der Waals surface area contributed by atoms with Crippen molar-refractivity contribution >= 4 is 17.4 Å². The van der Waals surface area contributed by atoms with E-state index in [1.54, 1.807) is 0 Å². The van der Waals surface area contributed by atoms with Crippen LogP contribution in [0.3, 0.4) is 0 Å². The van der Waals surface area contributed by atoms with Crippen molar-refractivity contribution in [2.24, 2.45) is 5.92 Å². The Labute approximate surface area is 120 Å². The number of aromatic nitrogens is 1. The fourth-order valence-corrected chi connectivity index (χ4v) is 3.22. The van der Waals surface area contributed by atoms with Crippen LogP contribution in [0.4, 0.5) is 11.5 Å². The van der Waals surface area contributed by atoms with Crippen molar-refractivity contribution in [2.45, 2.75) is 44.9 Å². The van der Waals surface area contributed by atoms with Crippen molar-refractivity contribution in [3.63, 3.8) is 0 Å². The van der Waals surface area contributed by atoms with Gasteiger partial charge in [-0.1, -0.05) is 19.3 Å². The highest BCUT2D eigenvalue weighted by atomic mass is 16.1. The van der Waals surface area contributed by atoms with Crippen LogP contribution >= 0.6 is 0 Å². The van der Waals surface area contributed by atoms with Crippen LogP contribution < -0.4 is 10.2 Å². The SMILES string of the molecule is O=C(Nc1ccc(N2CCCC2)cn1)C1CCCCC1. The summed E-state index contributed by atoms with van der Waals surface area (Å²) in [7, 11) is 0. The van der Waals surface area contributed by atoms with E-state index in [2.05, 4.69) is 21.3 Å². The van der Waals surface area contributed by atoms with E-state index in [0.29, 0.717) is 5.82 Å². The van der Waals surface area contributed by atoms with Gasteiger partial charge in [0.1, 0.15) is 5.82 Å². The molecule has 1 saturated heterocycles. The third-order valence-electron chi connectivity index (χ3n) is 4.45. The van der Waals surface area contributed by atoms with Gasteiger partial charge < -0.3 is 10.2 Å². The highest BCUT2D eigenvalue weighted by Crippen LogP contribution is 2.25. The largest absolute Gasteiger partial charge is 0.370 e. The van der Waals surface area contributed by atoms with Gasteiger partial charge in [0.05, 0.1) is 11.9 Å². The quantitative estimate of drug-likeness (QED) is 0.920. The maximum atomic E-state index is 12.1. The van der Waals surface area contributed by atoms with E-state index in [9.17, 15) is 4.79 Å². The molecule has 0 radical (unpaired) electrons. The van der Waals surface area contributed by atoms with E-state index in [1.165, 1.54) is 32.1 Å². The van der Waals surface area contributed by atoms with E-state index < -0.39 is 0 Å². The molecule has 1 aliphatic heterocycles. The van der Waals surface area contributed by atoms with Crippen LogP contribution in [-0.2, 0) is 4.79 Å². The number of nitrogens with zero attached hydrogens (tertiary/aromatic N) is 2. The van der Waals surface area contributed by atoms with E-state index in [1.807, 2.05) is 12.3 Å². The third-order valence-corrected chi connectivity index (χ3v) is 4.45. The Morgan fingerprint density at radius 2 is 1.85 bits per heavy atom. The second kappa shape index (κ2) is 6.25. The van der Waals surface area contributed by atoms with Gasteiger partial charge in [-0.2, -0.15) is 0 Å². The fraction of sp³-hybridized carbons (Fsp3) is 0.625. The average Bonchev–Trinajstić information content (AvgIpc) is 3.03. The lowest BCUT2D eigenvalue weighted by Gasteiger charge is -2.21. The Morgan fingerprint density at radius 1 is 1.10 bits per heavy atom. The van der Waals surface area contributed by atoms with Crippen molar-refractivity contribution in [3.8, 4) is 0 Å². The van der Waals surface area contributed by atoms with Crippen molar-refractivity contribution in [3.05, 3.63) is 18.3 Å². The standard InChI is InChI=1S/C16H23N3O/c20-16(13-6-2-1-3-7-13)18-15-9-8-14(12-17-15)19-10-4-5-11-19/h8-9,12-13H,1-7,10-11H2,(H,17,18,20). The number of hydrogen-bond donors (Lipinski definition) is 1. The summed E-state index contributed by atoms with van der Waals surface area (Å²) in [6.45, 7) is 2.24. The van der Waals surface area contributed by atoms with Gasteiger partial charge in [0, 0.05) is 19.0 Å². The monoisotopic (exact) mass is 273 g/mol. The molecule has 2 aliphatic rings. The zero-order valence-electron chi connectivity index (χ0n) is 12.0. The first kappa shape index (κ1) is 13.4. The van der Waals surface area contributed by atoms with Crippen molar-refractivity contribution in [1.29, 1.82) is 0 Å². The van der Waals surface area contributed by atoms with Gasteiger partial charge >= 0.3 is 0 Å². The predicted octanol–water partition coefficient (Wildman–Crippen LogP) is 3.20. The molecule has 1 aromatic rings. The number of pyridine rings is 1. The van der Waals surface area contributed by atoms with Crippen LogP contribution in [0.25, 0.3) is 0 Å². The normalized spacial score (nSPS) is 20.1. The van der Waals surface area contributed by atoms with E-state index >= 15 is 0 Å². The summed E-state index contributed by atoms with van der Waals surface area (Å²) in [6, 6.07) is 3.99. The first-order chi connectivity index (χ1) is 9.83. The Morgan fingerprint density at radius 3 is 2.50 bits per heavy atom. The Hall–Kier alpha value is -1.58. The molecule has 4 nitrogen and oxygen atoms in total. The lowest BCUT2D eigenvalue weighted by Crippen LogP contribution is -2.25. The van der Waals surface area contributed by atoms with Gasteiger partial charge in [-0.05, 0) is 37.8 Å². The van der Waals surface area contributed by atoms with E-state index in [-0.39, 0.29) is 11.8 Å². The molecule has 4 heteroatoms. The Balaban J connectivity index is 1.58. The molecule has 3 rings (SSSR count). The number of carbonyl (C=O) groups is 1. The van der Waals surface area contributed by atoms with E-state index in [4.69, 9.17) is 0 Å². The summed E-state index contributed by atoms with van der Waals surface area (Å²) in [5.74, 6) is 1.01. The Bertz CT molecular complexity index is 445. The van der Waals surface area contributed by atoms with Crippen molar-refractivity contribution < 1.29 is 4.79 Å². The van der Waals surface area contributed by atoms with Crippen LogP contribution in [0.1, 0.15) is 44.9 Å². The molecule has 2 fully saturated rings. The summed E-state index contributed by atoms with van der Waals surface area (Å²) in [5.41, 5.74) is 1.16. The van der Waals surface area contributed by atoms with Gasteiger partial charge in [0.25, 0.3) is 0 Å². The molecule has 108 valence electrons. The van der Waals surface area contributed by atoms with Crippen molar-refractivity contribution in [1.82, 2.24) is 4.98 Å². The first-order valence-electron chi connectivity index (χ1n) is 7.85. The molecule has 1 aliphatic carbocycles. The topological polar surface area (TPSA) is 45.2 Å². The van der Waals surface area contributed by atoms with Crippen LogP contribution in [0.15, 0.2) is 18.3 Å². The molecule has 1 N–H and O–H groups in total. The first-order valence-corrected chi connectivity index (χ1v) is 7.85. The van der Waals surface area contributed by atoms with Crippen LogP contribution in [0.5, 0.6) is 0 Å². The van der Waals surface area contributed by atoms with Gasteiger partial charge in [-0.15, -0.1) is 0 Å². The Kier molecular flexibility index (Phi) is 4.19. The molecular weight excluding hydrogens is 250 g/mol. The predicted molar refractivity (Wildman–Crippen MR) is 80.9 cm³/mol. The number of carbonyl (C=O) groups excluding carboxylic acids is 1. The number of anilines is 2. The molecule has 20 heavy (non-hydrogen) atoms. The maximum Gasteiger partial charge on any atom is 0.228 e. The molecule has 1 aromatic heterocycles. The smallest absolute Gasteiger partial charge is 0.228 e. The van der Waals surface area contributed by atoms with Crippen LogP contribution in [-0.4, -0.2) is 24.0 Å². The molecule has 1 amide bonds. The van der Waals surface area contributed by atoms with E-state index in [0.717, 1.165) is 31.6 Å². The molecule has 0 atom stereocenters. The lowest BCUT2D eigenvalue weighted by atomic mass is 9.89. The average molecular weight is 273 g/mol. The summed E-state index contributed by atoms with van der Waals surface area (Å²) in [4.78, 5) is 18.9. The zero-order chi connectivity index (χ0) is 13.8. The van der Waals surface area contributed by atoms with Crippen molar-refractivity contribution in [2.75, 3.05) is 23.3 Å². The number of hydrogen-bond acceptors (Lipinski definition) is 3. The third kappa shape index (κ3) is 3.11. The summed E-state index contributed by atoms with van der Waals surface area (Å²) >= 11 is 0. The minimum absolute atomic E-state index is 0.145. The minimum atomic E-state index is 0.145. The fourth-order valence-electron chi connectivity index (χ4n) is 3.22. The van der Waals surface area contributed by atoms with Crippen LogP contribution in [0, 0.1) is 5.92 Å². The maximum absolute atomic E-state index is 12.1. The van der Waals surface area contributed by atoms with Gasteiger partial charge in [0.2, 0.25) is 5.91 Å². The second-order valence-corrected chi connectivity index (χ2v) is 5.92. The molecule has 1 saturated carbocycles. The van der Waals surface area contributed by atoms with Gasteiger partial charge in [-0.3, -0.25) is 4.79 Å². The molecule has 0 unspecified atom stereocenters. The zero-order valence-corrected chi connectivity index (χ0v) is 12.0. The molecule has 0 bridgehead atoms. The minimum Gasteiger partial charge on any atom is -0.370 e. The highest BCUT2D eigenvalue weighted by molar-refractivity contribution is 5.91. The number of nitrogens with one attached hydrogen (secondary N) is 1. The lowest BCUT2D eigenvalue weighted by molar-refractivity contribution is -0.120. The second-order valence-electron chi connectivity index (χ2n) is 5.92. The van der Waals surface area contributed by atoms with Gasteiger partial charge in [-0.25, -0.2) is 4.98 Å².